The first-order chi connectivity index (χ1) is 9.71. The van der Waals surface area contributed by atoms with E-state index in [1.54, 1.807) is 7.11 Å². The second-order valence-corrected chi connectivity index (χ2v) is 5.85. The molecule has 0 saturated carbocycles. The van der Waals surface area contributed by atoms with Crippen LogP contribution >= 0.6 is 22.6 Å². The molecule has 0 bridgehead atoms. The molecule has 2 rings (SSSR count). The second-order valence-electron chi connectivity index (χ2n) is 4.61. The standard InChI is InChI=1S/C15H18IN3O/c1-20-15-7-4-12(10-18-15)9-14(19-17)8-11-2-5-13(16)6-3-11/h2-7,10,14,19H,8-9,17H2,1H3. The molecular formula is C15H18IN3O. The normalized spacial score (nSPS) is 12.2. The lowest BCUT2D eigenvalue weighted by Crippen LogP contribution is -2.38. The molecule has 1 atom stereocenters. The van der Waals surface area contributed by atoms with Gasteiger partial charge in [-0.05, 0) is 58.7 Å². The summed E-state index contributed by atoms with van der Waals surface area (Å²) in [6, 6.07) is 12.6. The van der Waals surface area contributed by atoms with Crippen LogP contribution in [-0.2, 0) is 12.8 Å². The summed E-state index contributed by atoms with van der Waals surface area (Å²) >= 11 is 2.30. The van der Waals surface area contributed by atoms with Crippen molar-refractivity contribution in [2.24, 2.45) is 5.84 Å². The van der Waals surface area contributed by atoms with Gasteiger partial charge in [-0.25, -0.2) is 4.98 Å². The summed E-state index contributed by atoms with van der Waals surface area (Å²) in [7, 11) is 1.61. The fourth-order valence-corrected chi connectivity index (χ4v) is 2.39. The fraction of sp³-hybridized carbons (Fsp3) is 0.267. The maximum Gasteiger partial charge on any atom is 0.212 e. The lowest BCUT2D eigenvalue weighted by Gasteiger charge is -2.16. The van der Waals surface area contributed by atoms with Gasteiger partial charge in [0.15, 0.2) is 0 Å². The van der Waals surface area contributed by atoms with Gasteiger partial charge in [0, 0.05) is 21.9 Å². The van der Waals surface area contributed by atoms with Crippen LogP contribution in [0.3, 0.4) is 0 Å². The molecule has 0 fully saturated rings. The fourth-order valence-electron chi connectivity index (χ4n) is 2.03. The number of nitrogens with zero attached hydrogens (tertiary/aromatic N) is 1. The van der Waals surface area contributed by atoms with Crippen molar-refractivity contribution in [3.8, 4) is 5.88 Å². The van der Waals surface area contributed by atoms with Crippen molar-refractivity contribution in [2.45, 2.75) is 18.9 Å². The molecule has 0 saturated heterocycles. The molecule has 20 heavy (non-hydrogen) atoms. The average molecular weight is 383 g/mol. The lowest BCUT2D eigenvalue weighted by molar-refractivity contribution is 0.397. The highest BCUT2D eigenvalue weighted by Crippen LogP contribution is 2.12. The van der Waals surface area contributed by atoms with Gasteiger partial charge in [0.2, 0.25) is 5.88 Å². The average Bonchev–Trinajstić information content (AvgIpc) is 2.49. The Labute approximate surface area is 132 Å². The molecule has 0 aliphatic heterocycles. The summed E-state index contributed by atoms with van der Waals surface area (Å²) in [5.74, 6) is 6.29. The number of methoxy groups -OCH3 is 1. The van der Waals surface area contributed by atoms with Crippen LogP contribution in [0.5, 0.6) is 5.88 Å². The lowest BCUT2D eigenvalue weighted by atomic mass is 10.0. The molecule has 106 valence electrons. The van der Waals surface area contributed by atoms with Gasteiger partial charge in [-0.1, -0.05) is 18.2 Å². The molecule has 0 aliphatic carbocycles. The summed E-state index contributed by atoms with van der Waals surface area (Å²) in [6.07, 6.45) is 3.55. The third-order valence-electron chi connectivity index (χ3n) is 3.12. The highest BCUT2D eigenvalue weighted by Gasteiger charge is 2.09. The Bertz CT molecular complexity index is 528. The molecular weight excluding hydrogens is 365 g/mol. The number of nitrogens with one attached hydrogen (secondary N) is 1. The van der Waals surface area contributed by atoms with Crippen LogP contribution in [0.15, 0.2) is 42.6 Å². The number of hydrogen-bond acceptors (Lipinski definition) is 4. The monoisotopic (exact) mass is 383 g/mol. The predicted molar refractivity (Wildman–Crippen MR) is 88.5 cm³/mol. The van der Waals surface area contributed by atoms with E-state index in [0.717, 1.165) is 18.4 Å². The largest absolute Gasteiger partial charge is 0.481 e. The van der Waals surface area contributed by atoms with Crippen LogP contribution in [0.2, 0.25) is 0 Å². The molecule has 5 heteroatoms. The van der Waals surface area contributed by atoms with Gasteiger partial charge in [-0.2, -0.15) is 0 Å². The molecule has 1 aromatic carbocycles. The van der Waals surface area contributed by atoms with Gasteiger partial charge in [0.05, 0.1) is 7.11 Å². The number of hydrogen-bond donors (Lipinski definition) is 2. The smallest absolute Gasteiger partial charge is 0.212 e. The Balaban J connectivity index is 1.99. The SMILES string of the molecule is COc1ccc(CC(Cc2ccc(I)cc2)NN)cn1. The van der Waals surface area contributed by atoms with Crippen LogP contribution in [0.25, 0.3) is 0 Å². The Kier molecular flexibility index (Phi) is 5.75. The summed E-state index contributed by atoms with van der Waals surface area (Å²) in [6.45, 7) is 0. The number of benzene rings is 1. The van der Waals surface area contributed by atoms with E-state index in [4.69, 9.17) is 10.6 Å². The Hall–Kier alpha value is -1.18. The van der Waals surface area contributed by atoms with Crippen LogP contribution < -0.4 is 16.0 Å². The first-order valence-corrected chi connectivity index (χ1v) is 7.48. The Morgan fingerprint density at radius 1 is 1.15 bits per heavy atom. The van der Waals surface area contributed by atoms with Crippen molar-refractivity contribution >= 4 is 22.6 Å². The molecule has 3 N–H and O–H groups in total. The van der Waals surface area contributed by atoms with Crippen LogP contribution in [0.1, 0.15) is 11.1 Å². The number of aromatic nitrogens is 1. The molecule has 4 nitrogen and oxygen atoms in total. The van der Waals surface area contributed by atoms with Crippen molar-refractivity contribution in [2.75, 3.05) is 7.11 Å². The van der Waals surface area contributed by atoms with Crippen molar-refractivity contribution in [1.82, 2.24) is 10.4 Å². The molecule has 0 radical (unpaired) electrons. The van der Waals surface area contributed by atoms with Crippen molar-refractivity contribution in [1.29, 1.82) is 0 Å². The molecule has 1 aromatic heterocycles. The topological polar surface area (TPSA) is 60.2 Å². The number of nitrogens with two attached hydrogens (primary N) is 1. The van der Waals surface area contributed by atoms with Crippen molar-refractivity contribution in [3.63, 3.8) is 0 Å². The molecule has 1 unspecified atom stereocenters. The van der Waals surface area contributed by atoms with Gasteiger partial charge in [-0.15, -0.1) is 0 Å². The number of halogens is 1. The summed E-state index contributed by atoms with van der Waals surface area (Å²) in [4.78, 5) is 4.21. The summed E-state index contributed by atoms with van der Waals surface area (Å²) < 4.78 is 6.29. The van der Waals surface area contributed by atoms with Gasteiger partial charge in [0.25, 0.3) is 0 Å². The van der Waals surface area contributed by atoms with E-state index in [9.17, 15) is 0 Å². The van der Waals surface area contributed by atoms with E-state index in [1.165, 1.54) is 9.13 Å². The second kappa shape index (κ2) is 7.56. The zero-order chi connectivity index (χ0) is 14.4. The molecule has 1 heterocycles. The van der Waals surface area contributed by atoms with Crippen molar-refractivity contribution < 1.29 is 4.74 Å². The highest BCUT2D eigenvalue weighted by molar-refractivity contribution is 14.1. The van der Waals surface area contributed by atoms with Crippen LogP contribution in [0.4, 0.5) is 0 Å². The molecule has 0 aliphatic rings. The minimum Gasteiger partial charge on any atom is -0.481 e. The molecule has 0 amide bonds. The molecule has 0 spiro atoms. The summed E-state index contributed by atoms with van der Waals surface area (Å²) in [5.41, 5.74) is 5.29. The maximum absolute atomic E-state index is 5.66. The van der Waals surface area contributed by atoms with Crippen LogP contribution in [0, 0.1) is 3.57 Å². The van der Waals surface area contributed by atoms with Gasteiger partial charge < -0.3 is 4.74 Å². The number of hydrazine groups is 1. The minimum atomic E-state index is 0.185. The van der Waals surface area contributed by atoms with E-state index >= 15 is 0 Å². The number of pyridine rings is 1. The van der Waals surface area contributed by atoms with E-state index in [1.807, 2.05) is 18.3 Å². The van der Waals surface area contributed by atoms with Crippen molar-refractivity contribution in [3.05, 3.63) is 57.3 Å². The van der Waals surface area contributed by atoms with E-state index < -0.39 is 0 Å². The molecule has 2 aromatic rings. The zero-order valence-electron chi connectivity index (χ0n) is 11.3. The van der Waals surface area contributed by atoms with Gasteiger partial charge >= 0.3 is 0 Å². The number of rotatable bonds is 6. The Morgan fingerprint density at radius 3 is 2.35 bits per heavy atom. The first kappa shape index (κ1) is 15.2. The quantitative estimate of drug-likeness (QED) is 0.457. The summed E-state index contributed by atoms with van der Waals surface area (Å²) in [5, 5.41) is 0. The van der Waals surface area contributed by atoms with Gasteiger partial charge in [-0.3, -0.25) is 11.3 Å². The van der Waals surface area contributed by atoms with E-state index in [-0.39, 0.29) is 6.04 Å². The van der Waals surface area contributed by atoms with E-state index in [0.29, 0.717) is 5.88 Å². The maximum atomic E-state index is 5.66. The Morgan fingerprint density at radius 2 is 1.80 bits per heavy atom. The first-order valence-electron chi connectivity index (χ1n) is 6.40. The highest BCUT2D eigenvalue weighted by atomic mass is 127. The predicted octanol–water partition coefficient (Wildman–Crippen LogP) is 2.31. The third kappa shape index (κ3) is 4.43. The third-order valence-corrected chi connectivity index (χ3v) is 3.84. The zero-order valence-corrected chi connectivity index (χ0v) is 13.5. The minimum absolute atomic E-state index is 0.185. The van der Waals surface area contributed by atoms with E-state index in [2.05, 4.69) is 57.3 Å². The van der Waals surface area contributed by atoms with Crippen LogP contribution in [-0.4, -0.2) is 18.1 Å². The van der Waals surface area contributed by atoms with Gasteiger partial charge in [0.1, 0.15) is 0 Å². The number of ether oxygens (including phenoxy) is 1.